The Labute approximate surface area is 225 Å². The molecule has 2 aromatic rings. The number of nitrogens with one attached hydrogen (secondary N) is 1. The first-order valence-corrected chi connectivity index (χ1v) is 13.6. The second-order valence-electron chi connectivity index (χ2n) is 9.34. The van der Waals surface area contributed by atoms with Gasteiger partial charge in [-0.2, -0.15) is 0 Å². The van der Waals surface area contributed by atoms with Crippen LogP contribution in [0.25, 0.3) is 0 Å². The molecule has 5 rings (SSSR count). The molecule has 1 aromatic carbocycles. The summed E-state index contributed by atoms with van der Waals surface area (Å²) in [6.07, 6.45) is 3.21. The van der Waals surface area contributed by atoms with E-state index in [0.29, 0.717) is 64.7 Å². The molecular weight excluding hydrogens is 567 g/mol. The van der Waals surface area contributed by atoms with Crippen LogP contribution in [0.15, 0.2) is 50.5 Å². The number of rotatable bonds is 7. The number of hydrogen-bond acceptors (Lipinski definition) is 9. The van der Waals surface area contributed by atoms with Crippen LogP contribution in [0.4, 0.5) is 4.39 Å². The molecule has 0 aliphatic carbocycles. The Morgan fingerprint density at radius 3 is 2.70 bits per heavy atom. The third-order valence-corrected chi connectivity index (χ3v) is 8.46. The number of fused-ring (bicyclic) bond motifs is 2. The minimum absolute atomic E-state index is 0.0169. The SMILES string of the molecule is COC(=O)C1=C(CN2C3COCC2CC(CC(=O)O)C3)NC(c2nccs2)=N[C@H]1c1ccc(F)cc1Br. The summed E-state index contributed by atoms with van der Waals surface area (Å²) in [4.78, 5) is 36.1. The highest BCUT2D eigenvalue weighted by atomic mass is 79.9. The Kier molecular flexibility index (Phi) is 7.70. The number of hydrogen-bond donors (Lipinski definition) is 2. The number of thiazole rings is 1. The van der Waals surface area contributed by atoms with Crippen molar-refractivity contribution in [3.05, 3.63) is 61.9 Å². The first-order chi connectivity index (χ1) is 17.8. The monoisotopic (exact) mass is 592 g/mol. The Bertz CT molecular complexity index is 1240. The Morgan fingerprint density at radius 1 is 1.32 bits per heavy atom. The molecule has 196 valence electrons. The molecular formula is C25H26BrFN4O5S. The number of methoxy groups -OCH3 is 1. The van der Waals surface area contributed by atoms with E-state index < -0.39 is 23.8 Å². The van der Waals surface area contributed by atoms with Gasteiger partial charge in [0.15, 0.2) is 10.8 Å². The van der Waals surface area contributed by atoms with Crippen molar-refractivity contribution in [2.75, 3.05) is 26.9 Å². The van der Waals surface area contributed by atoms with E-state index in [1.165, 1.54) is 30.6 Å². The fourth-order valence-electron chi connectivity index (χ4n) is 5.42. The first-order valence-electron chi connectivity index (χ1n) is 11.9. The lowest BCUT2D eigenvalue weighted by molar-refractivity contribution is -0.141. The predicted octanol–water partition coefficient (Wildman–Crippen LogP) is 3.52. The van der Waals surface area contributed by atoms with Crippen molar-refractivity contribution in [1.29, 1.82) is 0 Å². The molecule has 4 heterocycles. The van der Waals surface area contributed by atoms with Gasteiger partial charge in [0, 0.05) is 46.8 Å². The average molecular weight is 593 g/mol. The third kappa shape index (κ3) is 5.47. The van der Waals surface area contributed by atoms with E-state index in [-0.39, 0.29) is 24.4 Å². The number of nitrogens with zero attached hydrogens (tertiary/aromatic N) is 3. The average Bonchev–Trinajstić information content (AvgIpc) is 3.38. The van der Waals surface area contributed by atoms with Crippen molar-refractivity contribution in [3.63, 3.8) is 0 Å². The van der Waals surface area contributed by atoms with Crippen molar-refractivity contribution in [1.82, 2.24) is 15.2 Å². The number of aromatic nitrogens is 1. The molecule has 0 amide bonds. The number of aliphatic carboxylic acids is 1. The number of carbonyl (C=O) groups excluding carboxylic acids is 1. The quantitative estimate of drug-likeness (QED) is 0.470. The predicted molar refractivity (Wildman–Crippen MR) is 138 cm³/mol. The molecule has 2 saturated heterocycles. The van der Waals surface area contributed by atoms with Gasteiger partial charge in [0.05, 0.1) is 25.9 Å². The van der Waals surface area contributed by atoms with Crippen LogP contribution in [0.3, 0.4) is 0 Å². The summed E-state index contributed by atoms with van der Waals surface area (Å²) < 4.78 is 25.4. The molecule has 2 N–H and O–H groups in total. The van der Waals surface area contributed by atoms with Gasteiger partial charge in [-0.1, -0.05) is 22.0 Å². The molecule has 2 fully saturated rings. The zero-order valence-corrected chi connectivity index (χ0v) is 22.4. The molecule has 37 heavy (non-hydrogen) atoms. The highest BCUT2D eigenvalue weighted by Crippen LogP contribution is 2.39. The van der Waals surface area contributed by atoms with Crippen molar-refractivity contribution in [3.8, 4) is 0 Å². The number of amidine groups is 1. The summed E-state index contributed by atoms with van der Waals surface area (Å²) in [6, 6.07) is 3.58. The number of aliphatic imine (C=N–C) groups is 1. The lowest BCUT2D eigenvalue weighted by Gasteiger charge is -2.49. The molecule has 3 aliphatic rings. The number of esters is 1. The number of halogens is 2. The molecule has 1 aromatic heterocycles. The largest absolute Gasteiger partial charge is 0.481 e. The zero-order valence-electron chi connectivity index (χ0n) is 20.0. The van der Waals surface area contributed by atoms with E-state index in [2.05, 4.69) is 31.1 Å². The Balaban J connectivity index is 1.55. The van der Waals surface area contributed by atoms with Gasteiger partial charge in [-0.15, -0.1) is 11.3 Å². The number of carboxylic acid groups (broad SMARTS) is 1. The van der Waals surface area contributed by atoms with Crippen LogP contribution in [0.2, 0.25) is 0 Å². The molecule has 12 heteroatoms. The maximum Gasteiger partial charge on any atom is 0.338 e. The van der Waals surface area contributed by atoms with Crippen LogP contribution in [0.5, 0.6) is 0 Å². The summed E-state index contributed by atoms with van der Waals surface area (Å²) >= 11 is 4.86. The summed E-state index contributed by atoms with van der Waals surface area (Å²) in [5.41, 5.74) is 1.59. The highest BCUT2D eigenvalue weighted by Gasteiger charge is 2.42. The molecule has 9 nitrogen and oxygen atoms in total. The number of morpholine rings is 1. The minimum atomic E-state index is -0.793. The number of piperidine rings is 1. The molecule has 2 unspecified atom stereocenters. The van der Waals surface area contributed by atoms with Gasteiger partial charge in [-0.3, -0.25) is 14.7 Å². The van der Waals surface area contributed by atoms with Crippen molar-refractivity contribution in [2.45, 2.75) is 37.4 Å². The van der Waals surface area contributed by atoms with E-state index in [0.717, 1.165) is 0 Å². The van der Waals surface area contributed by atoms with Crippen LogP contribution in [0, 0.1) is 11.7 Å². The minimum Gasteiger partial charge on any atom is -0.481 e. The number of benzene rings is 1. The van der Waals surface area contributed by atoms with E-state index >= 15 is 0 Å². The summed E-state index contributed by atoms with van der Waals surface area (Å²) in [7, 11) is 1.32. The topological polar surface area (TPSA) is 113 Å². The fourth-order valence-corrected chi connectivity index (χ4v) is 6.58. The maximum absolute atomic E-state index is 13.9. The van der Waals surface area contributed by atoms with Crippen LogP contribution < -0.4 is 5.32 Å². The highest BCUT2D eigenvalue weighted by molar-refractivity contribution is 9.10. The number of carbonyl (C=O) groups is 2. The van der Waals surface area contributed by atoms with Gasteiger partial charge >= 0.3 is 11.9 Å². The van der Waals surface area contributed by atoms with Gasteiger partial charge < -0.3 is 19.9 Å². The molecule has 3 aliphatic heterocycles. The molecule has 0 spiro atoms. The van der Waals surface area contributed by atoms with Gasteiger partial charge in [-0.25, -0.2) is 14.2 Å². The maximum atomic E-state index is 13.9. The summed E-state index contributed by atoms with van der Waals surface area (Å²) in [5.74, 6) is -1.14. The van der Waals surface area contributed by atoms with Crippen molar-refractivity contribution < 1.29 is 28.6 Å². The van der Waals surface area contributed by atoms with E-state index in [1.807, 2.05) is 5.38 Å². The molecule has 3 atom stereocenters. The van der Waals surface area contributed by atoms with E-state index in [9.17, 15) is 19.1 Å². The van der Waals surface area contributed by atoms with Crippen molar-refractivity contribution in [2.24, 2.45) is 10.9 Å². The fraction of sp³-hybridized carbons (Fsp3) is 0.440. The van der Waals surface area contributed by atoms with Gasteiger partial charge in [0.2, 0.25) is 0 Å². The lowest BCUT2D eigenvalue weighted by Crippen LogP contribution is -2.58. The van der Waals surface area contributed by atoms with Crippen LogP contribution in [0.1, 0.15) is 35.9 Å². The molecule has 2 bridgehead atoms. The Morgan fingerprint density at radius 2 is 2.08 bits per heavy atom. The lowest BCUT2D eigenvalue weighted by atomic mass is 9.82. The number of ether oxygens (including phenoxy) is 2. The Hall–Kier alpha value is -2.67. The van der Waals surface area contributed by atoms with Gasteiger partial charge in [0.25, 0.3) is 0 Å². The standard InChI is InChI=1S/C25H26BrFN4O5S/c1-35-25(34)21-19(10-31-15-6-13(8-20(32)33)7-16(31)12-36-11-15)29-23(24-28-4-5-37-24)30-22(21)17-3-2-14(27)9-18(17)26/h2-5,9,13,15-16,22H,6-8,10-12H2,1H3,(H,29,30)(H,32,33)/t13?,15?,16?,22-/m0/s1. The zero-order chi connectivity index (χ0) is 26.1. The summed E-state index contributed by atoms with van der Waals surface area (Å²) in [5, 5.41) is 15.2. The van der Waals surface area contributed by atoms with Crippen LogP contribution >= 0.6 is 27.3 Å². The third-order valence-electron chi connectivity index (χ3n) is 7.00. The van der Waals surface area contributed by atoms with Gasteiger partial charge in [-0.05, 0) is 36.5 Å². The summed E-state index contributed by atoms with van der Waals surface area (Å²) in [6.45, 7) is 1.38. The smallest absolute Gasteiger partial charge is 0.338 e. The van der Waals surface area contributed by atoms with Crippen LogP contribution in [-0.4, -0.2) is 71.7 Å². The first kappa shape index (κ1) is 26.0. The molecule has 0 saturated carbocycles. The van der Waals surface area contributed by atoms with Gasteiger partial charge in [0.1, 0.15) is 11.9 Å². The normalized spacial score (nSPS) is 25.9. The van der Waals surface area contributed by atoms with Crippen molar-refractivity contribution >= 4 is 45.0 Å². The second-order valence-corrected chi connectivity index (χ2v) is 11.1. The second kappa shape index (κ2) is 11.0. The van der Waals surface area contributed by atoms with Crippen LogP contribution in [-0.2, 0) is 19.1 Å². The van der Waals surface area contributed by atoms with E-state index in [4.69, 9.17) is 14.5 Å². The van der Waals surface area contributed by atoms with E-state index in [1.54, 1.807) is 12.3 Å². The molecule has 0 radical (unpaired) electrons. The number of carboxylic acids is 1.